The lowest BCUT2D eigenvalue weighted by Crippen LogP contribution is -2.45. The van der Waals surface area contributed by atoms with E-state index in [4.69, 9.17) is 4.84 Å². The third-order valence-corrected chi connectivity index (χ3v) is 7.34. The van der Waals surface area contributed by atoms with Gasteiger partial charge in [-0.3, -0.25) is 9.59 Å². The number of anilines is 1. The zero-order valence-electron chi connectivity index (χ0n) is 19.5. The maximum absolute atomic E-state index is 13.5. The Morgan fingerprint density at radius 2 is 1.50 bits per heavy atom. The number of hydrogen-bond donors (Lipinski definition) is 2. The molecule has 9 nitrogen and oxygen atoms in total. The van der Waals surface area contributed by atoms with Crippen LogP contribution in [0.2, 0.25) is 0 Å². The number of carbonyl (C=O) groups is 2. The first kappa shape index (κ1) is 25.2. The van der Waals surface area contributed by atoms with E-state index in [9.17, 15) is 23.1 Å². The van der Waals surface area contributed by atoms with E-state index in [1.165, 1.54) is 24.3 Å². The van der Waals surface area contributed by atoms with Crippen LogP contribution in [0.25, 0.3) is 0 Å². The molecule has 1 aliphatic heterocycles. The van der Waals surface area contributed by atoms with Crippen molar-refractivity contribution in [1.29, 1.82) is 0 Å². The van der Waals surface area contributed by atoms with Crippen LogP contribution in [-0.2, 0) is 14.8 Å². The number of nitrogens with one attached hydrogen (secondary N) is 1. The van der Waals surface area contributed by atoms with Crippen LogP contribution >= 0.6 is 0 Å². The van der Waals surface area contributed by atoms with Gasteiger partial charge in [0.15, 0.2) is 5.75 Å². The van der Waals surface area contributed by atoms with Gasteiger partial charge >= 0.3 is 0 Å². The lowest BCUT2D eigenvalue weighted by atomic mass is 10.1. The number of carbonyl (C=O) groups excluding carboxylic acids is 2. The molecule has 1 fully saturated rings. The molecule has 0 radical (unpaired) electrons. The molecule has 188 valence electrons. The lowest BCUT2D eigenvalue weighted by Gasteiger charge is -2.29. The summed E-state index contributed by atoms with van der Waals surface area (Å²) < 4.78 is 27.8. The molecule has 0 saturated carbocycles. The van der Waals surface area contributed by atoms with Gasteiger partial charge in [0.05, 0.1) is 23.2 Å². The Kier molecular flexibility index (Phi) is 7.87. The number of sulfonamides is 1. The highest BCUT2D eigenvalue weighted by atomic mass is 32.2. The van der Waals surface area contributed by atoms with Gasteiger partial charge in [-0.1, -0.05) is 40.9 Å². The quantitative estimate of drug-likeness (QED) is 0.451. The van der Waals surface area contributed by atoms with Crippen molar-refractivity contribution in [3.8, 4) is 5.75 Å². The van der Waals surface area contributed by atoms with E-state index in [2.05, 4.69) is 5.32 Å². The Hall–Kier alpha value is -3.89. The summed E-state index contributed by atoms with van der Waals surface area (Å²) >= 11 is 0. The van der Waals surface area contributed by atoms with E-state index in [-0.39, 0.29) is 22.9 Å². The van der Waals surface area contributed by atoms with E-state index in [0.717, 1.165) is 4.47 Å². The van der Waals surface area contributed by atoms with Crippen molar-refractivity contribution in [2.24, 2.45) is 0 Å². The average molecular weight is 510 g/mol. The van der Waals surface area contributed by atoms with Crippen LogP contribution in [-0.4, -0.2) is 56.0 Å². The Morgan fingerprint density at radius 3 is 2.11 bits per heavy atom. The Bertz CT molecular complexity index is 1280. The number of nitrogens with zero attached hydrogens (tertiary/aromatic N) is 2. The molecule has 0 atom stereocenters. The summed E-state index contributed by atoms with van der Waals surface area (Å²) in [5.74, 6) is -0.385. The fraction of sp³-hybridized carbons (Fsp3) is 0.231. The number of benzene rings is 3. The molecule has 0 spiro atoms. The fourth-order valence-corrected chi connectivity index (χ4v) is 4.98. The molecule has 0 aliphatic carbocycles. The molecule has 1 aliphatic rings. The number of rotatable bonds is 8. The summed E-state index contributed by atoms with van der Waals surface area (Å²) in [5.41, 5.74) is 0.526. The van der Waals surface area contributed by atoms with E-state index in [1.807, 2.05) is 0 Å². The Balaban J connectivity index is 1.46. The maximum atomic E-state index is 13.5. The zero-order valence-corrected chi connectivity index (χ0v) is 20.3. The Morgan fingerprint density at radius 1 is 0.917 bits per heavy atom. The molecule has 36 heavy (non-hydrogen) atoms. The van der Waals surface area contributed by atoms with Gasteiger partial charge in [-0.25, -0.2) is 0 Å². The minimum absolute atomic E-state index is 0.0678. The second kappa shape index (κ2) is 11.2. The molecule has 2 N–H and O–H groups in total. The van der Waals surface area contributed by atoms with Crippen molar-refractivity contribution < 1.29 is 28.0 Å². The first-order chi connectivity index (χ1) is 17.3. The molecule has 1 saturated heterocycles. The number of hydrogen-bond acceptors (Lipinski definition) is 6. The molecule has 1 heterocycles. The van der Waals surface area contributed by atoms with E-state index in [1.54, 1.807) is 65.6 Å². The van der Waals surface area contributed by atoms with E-state index >= 15 is 0 Å². The van der Waals surface area contributed by atoms with Gasteiger partial charge in [-0.05, 0) is 61.4 Å². The van der Waals surface area contributed by atoms with Gasteiger partial charge in [0.2, 0.25) is 5.91 Å². The maximum Gasteiger partial charge on any atom is 0.295 e. The van der Waals surface area contributed by atoms with Gasteiger partial charge in [0.25, 0.3) is 15.9 Å². The monoisotopic (exact) mass is 509 g/mol. The number of aliphatic hydroxyl groups is 1. The minimum Gasteiger partial charge on any atom is -0.393 e. The van der Waals surface area contributed by atoms with Crippen LogP contribution in [0.4, 0.5) is 5.69 Å². The predicted molar refractivity (Wildman–Crippen MR) is 134 cm³/mol. The number of piperidine rings is 1. The van der Waals surface area contributed by atoms with Gasteiger partial charge in [-0.15, -0.1) is 0 Å². The average Bonchev–Trinajstić information content (AvgIpc) is 2.91. The van der Waals surface area contributed by atoms with Crippen molar-refractivity contribution in [3.05, 3.63) is 90.5 Å². The highest BCUT2D eigenvalue weighted by Crippen LogP contribution is 2.26. The summed E-state index contributed by atoms with van der Waals surface area (Å²) in [4.78, 5) is 32.1. The highest BCUT2D eigenvalue weighted by Gasteiger charge is 2.28. The van der Waals surface area contributed by atoms with Gasteiger partial charge in [-0.2, -0.15) is 8.42 Å². The number of amides is 2. The number of likely N-dealkylation sites (tertiary alicyclic amines) is 1. The van der Waals surface area contributed by atoms with Crippen molar-refractivity contribution in [2.75, 3.05) is 24.1 Å². The number of aliphatic hydroxyl groups excluding tert-OH is 1. The van der Waals surface area contributed by atoms with Crippen LogP contribution < -0.4 is 14.6 Å². The van der Waals surface area contributed by atoms with Crippen LogP contribution in [0.15, 0.2) is 89.8 Å². The molecule has 3 aromatic rings. The van der Waals surface area contributed by atoms with Crippen molar-refractivity contribution in [1.82, 2.24) is 10.2 Å². The second-order valence-corrected chi connectivity index (χ2v) is 10.0. The minimum atomic E-state index is -4.14. The van der Waals surface area contributed by atoms with Gasteiger partial charge < -0.3 is 20.2 Å². The van der Waals surface area contributed by atoms with Crippen molar-refractivity contribution in [2.45, 2.75) is 23.8 Å². The third-order valence-electron chi connectivity index (χ3n) is 5.75. The molecule has 0 bridgehead atoms. The molecule has 0 unspecified atom stereocenters. The fourth-order valence-electron chi connectivity index (χ4n) is 3.73. The summed E-state index contributed by atoms with van der Waals surface area (Å²) in [6.07, 6.45) is 0.641. The Labute approximate surface area is 209 Å². The SMILES string of the molecule is O=C(NCC(=O)N1CCC(O)CC1)c1ccc(S(=O)(=O)N(Oc2ccccc2)c2ccccc2)cc1. The molecular formula is C26H27N3O6S. The predicted octanol–water partition coefficient (Wildman–Crippen LogP) is 2.59. The highest BCUT2D eigenvalue weighted by molar-refractivity contribution is 7.92. The third kappa shape index (κ3) is 6.02. The van der Waals surface area contributed by atoms with Crippen LogP contribution in [0.5, 0.6) is 5.75 Å². The van der Waals surface area contributed by atoms with Gasteiger partial charge in [0, 0.05) is 18.7 Å². The second-order valence-electron chi connectivity index (χ2n) is 8.29. The molecule has 2 amide bonds. The molecule has 4 rings (SSSR count). The van der Waals surface area contributed by atoms with E-state index < -0.39 is 22.0 Å². The largest absolute Gasteiger partial charge is 0.393 e. The normalized spacial score (nSPS) is 14.2. The van der Waals surface area contributed by atoms with Crippen molar-refractivity contribution in [3.63, 3.8) is 0 Å². The van der Waals surface area contributed by atoms with Crippen molar-refractivity contribution >= 4 is 27.5 Å². The van der Waals surface area contributed by atoms with Crippen LogP contribution in [0, 0.1) is 0 Å². The van der Waals surface area contributed by atoms with Crippen LogP contribution in [0.3, 0.4) is 0 Å². The van der Waals surface area contributed by atoms with E-state index in [0.29, 0.717) is 37.4 Å². The van der Waals surface area contributed by atoms with Crippen LogP contribution in [0.1, 0.15) is 23.2 Å². The molecule has 3 aromatic carbocycles. The summed E-state index contributed by atoms with van der Waals surface area (Å²) in [7, 11) is -4.14. The first-order valence-electron chi connectivity index (χ1n) is 11.5. The first-order valence-corrected chi connectivity index (χ1v) is 13.0. The molecule has 0 aromatic heterocycles. The lowest BCUT2D eigenvalue weighted by molar-refractivity contribution is -0.132. The summed E-state index contributed by atoms with van der Waals surface area (Å²) in [6.45, 7) is 0.721. The van der Waals surface area contributed by atoms with Gasteiger partial charge in [0.1, 0.15) is 0 Å². The topological polar surface area (TPSA) is 116 Å². The molecule has 10 heteroatoms. The zero-order chi connectivity index (χ0) is 25.5. The summed E-state index contributed by atoms with van der Waals surface area (Å²) in [6, 6.07) is 22.4. The summed E-state index contributed by atoms with van der Waals surface area (Å²) in [5, 5.41) is 12.1. The standard InChI is InChI=1S/C26H27N3O6S/c30-22-15-17-28(18-16-22)25(31)19-27-26(32)20-11-13-24(14-12-20)36(33,34)29(21-7-3-1-4-8-21)35-23-9-5-2-6-10-23/h1-14,22,30H,15-19H2,(H,27,32). The number of para-hydroxylation sites is 2. The smallest absolute Gasteiger partial charge is 0.295 e. The molecular weight excluding hydrogens is 482 g/mol.